The lowest BCUT2D eigenvalue weighted by Gasteiger charge is -2.45. The monoisotopic (exact) mass is 479 g/mol. The number of likely N-dealkylation sites (tertiary alicyclic amines) is 1. The van der Waals surface area contributed by atoms with Gasteiger partial charge in [-0.2, -0.15) is 0 Å². The number of halogens is 1. The summed E-state index contributed by atoms with van der Waals surface area (Å²) in [4.78, 5) is 29.7. The summed E-state index contributed by atoms with van der Waals surface area (Å²) >= 11 is 3.40. The molecular formula is C23H34BrN3O3. The maximum Gasteiger partial charge on any atom is 0.253 e. The van der Waals surface area contributed by atoms with Crippen LogP contribution in [0, 0.1) is 5.92 Å². The van der Waals surface area contributed by atoms with Gasteiger partial charge in [0.1, 0.15) is 0 Å². The van der Waals surface area contributed by atoms with E-state index >= 15 is 0 Å². The van der Waals surface area contributed by atoms with Crippen LogP contribution in [0.15, 0.2) is 28.7 Å². The molecule has 166 valence electrons. The minimum Gasteiger partial charge on any atom is -0.373 e. The van der Waals surface area contributed by atoms with Crippen molar-refractivity contribution in [3.8, 4) is 0 Å². The van der Waals surface area contributed by atoms with Crippen molar-refractivity contribution in [2.75, 3.05) is 32.7 Å². The summed E-state index contributed by atoms with van der Waals surface area (Å²) in [5.41, 5.74) is 0.567. The molecule has 2 amide bonds. The van der Waals surface area contributed by atoms with E-state index < -0.39 is 0 Å². The quantitative estimate of drug-likeness (QED) is 0.703. The third kappa shape index (κ3) is 5.83. The summed E-state index contributed by atoms with van der Waals surface area (Å²) < 4.78 is 6.79. The Labute approximate surface area is 188 Å². The van der Waals surface area contributed by atoms with Crippen LogP contribution in [0.5, 0.6) is 0 Å². The fourth-order valence-electron chi connectivity index (χ4n) is 4.35. The summed E-state index contributed by atoms with van der Waals surface area (Å²) in [7, 11) is 0. The molecule has 1 aromatic carbocycles. The number of nitrogens with zero attached hydrogens (tertiary/aromatic N) is 2. The first-order valence-electron chi connectivity index (χ1n) is 10.9. The minimum absolute atomic E-state index is 0.0303. The lowest BCUT2D eigenvalue weighted by atomic mass is 9.94. The van der Waals surface area contributed by atoms with Crippen molar-refractivity contribution < 1.29 is 14.3 Å². The van der Waals surface area contributed by atoms with Crippen molar-refractivity contribution in [2.45, 2.75) is 58.3 Å². The molecule has 2 unspecified atom stereocenters. The second-order valence-electron chi connectivity index (χ2n) is 9.27. The van der Waals surface area contributed by atoms with E-state index in [-0.39, 0.29) is 35.5 Å². The van der Waals surface area contributed by atoms with E-state index in [4.69, 9.17) is 4.74 Å². The first-order chi connectivity index (χ1) is 14.2. The summed E-state index contributed by atoms with van der Waals surface area (Å²) in [5.74, 6) is 0.114. The molecule has 2 atom stereocenters. The Morgan fingerprint density at radius 1 is 1.10 bits per heavy atom. The number of hydrogen-bond donors (Lipinski definition) is 1. The molecule has 2 aliphatic rings. The van der Waals surface area contributed by atoms with Gasteiger partial charge >= 0.3 is 0 Å². The highest BCUT2D eigenvalue weighted by Crippen LogP contribution is 2.23. The molecule has 1 N–H and O–H groups in total. The Morgan fingerprint density at radius 3 is 2.23 bits per heavy atom. The topological polar surface area (TPSA) is 61.9 Å². The Morgan fingerprint density at radius 2 is 1.67 bits per heavy atom. The van der Waals surface area contributed by atoms with Crippen LogP contribution in [0.2, 0.25) is 0 Å². The van der Waals surface area contributed by atoms with E-state index in [0.717, 1.165) is 17.6 Å². The summed E-state index contributed by atoms with van der Waals surface area (Å²) in [6.45, 7) is 12.2. The van der Waals surface area contributed by atoms with E-state index in [2.05, 4.69) is 53.8 Å². The third-order valence-electron chi connectivity index (χ3n) is 6.22. The highest BCUT2D eigenvalue weighted by atomic mass is 79.9. The molecule has 0 saturated carbocycles. The van der Waals surface area contributed by atoms with Gasteiger partial charge in [0.15, 0.2) is 0 Å². The first-order valence-corrected chi connectivity index (χ1v) is 11.7. The zero-order chi connectivity index (χ0) is 21.9. The number of nitrogens with one attached hydrogen (secondary N) is 1. The van der Waals surface area contributed by atoms with Crippen LogP contribution in [0.25, 0.3) is 0 Å². The SMILES string of the molecule is CC1CN(C(C)(C)CNC(=O)C2CCN(C(=O)c3ccc(Br)cc3)CC2)CC(C)O1. The van der Waals surface area contributed by atoms with Crippen molar-refractivity contribution in [1.29, 1.82) is 0 Å². The highest BCUT2D eigenvalue weighted by Gasteiger charge is 2.34. The van der Waals surface area contributed by atoms with Gasteiger partial charge in [0.25, 0.3) is 5.91 Å². The second-order valence-corrected chi connectivity index (χ2v) is 10.2. The van der Waals surface area contributed by atoms with Crippen LogP contribution in [0.4, 0.5) is 0 Å². The zero-order valence-electron chi connectivity index (χ0n) is 18.5. The van der Waals surface area contributed by atoms with Crippen LogP contribution >= 0.6 is 15.9 Å². The molecular weight excluding hydrogens is 446 g/mol. The number of carbonyl (C=O) groups excluding carboxylic acids is 2. The van der Waals surface area contributed by atoms with Crippen LogP contribution < -0.4 is 5.32 Å². The molecule has 0 bridgehead atoms. The number of rotatable bonds is 5. The molecule has 0 aliphatic carbocycles. The van der Waals surface area contributed by atoms with E-state index in [1.54, 1.807) is 0 Å². The predicted molar refractivity (Wildman–Crippen MR) is 121 cm³/mol. The number of ether oxygens (including phenoxy) is 1. The van der Waals surface area contributed by atoms with E-state index in [1.807, 2.05) is 29.2 Å². The lowest BCUT2D eigenvalue weighted by Crippen LogP contribution is -2.59. The average molecular weight is 480 g/mol. The molecule has 7 heteroatoms. The number of amides is 2. The number of benzene rings is 1. The number of piperidine rings is 1. The van der Waals surface area contributed by atoms with Crippen molar-refractivity contribution in [2.24, 2.45) is 5.92 Å². The maximum absolute atomic E-state index is 12.8. The van der Waals surface area contributed by atoms with Crippen molar-refractivity contribution in [3.05, 3.63) is 34.3 Å². The largest absolute Gasteiger partial charge is 0.373 e. The van der Waals surface area contributed by atoms with Gasteiger partial charge in [-0.05, 0) is 64.8 Å². The van der Waals surface area contributed by atoms with E-state index in [0.29, 0.717) is 38.0 Å². The zero-order valence-corrected chi connectivity index (χ0v) is 20.1. The van der Waals surface area contributed by atoms with Gasteiger partial charge < -0.3 is 15.0 Å². The van der Waals surface area contributed by atoms with E-state index in [9.17, 15) is 9.59 Å². The Balaban J connectivity index is 1.47. The third-order valence-corrected chi connectivity index (χ3v) is 6.74. The number of carbonyl (C=O) groups is 2. The molecule has 2 heterocycles. The Kier molecular flexibility index (Phi) is 7.58. The van der Waals surface area contributed by atoms with Crippen molar-refractivity contribution >= 4 is 27.7 Å². The van der Waals surface area contributed by atoms with Crippen LogP contribution in [-0.4, -0.2) is 72.1 Å². The summed E-state index contributed by atoms with van der Waals surface area (Å²) in [6.07, 6.45) is 1.83. The van der Waals surface area contributed by atoms with Gasteiger partial charge in [-0.3, -0.25) is 14.5 Å². The van der Waals surface area contributed by atoms with Gasteiger partial charge in [0.05, 0.1) is 12.2 Å². The lowest BCUT2D eigenvalue weighted by molar-refractivity contribution is -0.128. The van der Waals surface area contributed by atoms with Gasteiger partial charge in [-0.15, -0.1) is 0 Å². The minimum atomic E-state index is -0.125. The van der Waals surface area contributed by atoms with Crippen LogP contribution in [0.1, 0.15) is 50.9 Å². The fraction of sp³-hybridized carbons (Fsp3) is 0.652. The first kappa shape index (κ1) is 23.2. The average Bonchev–Trinajstić information content (AvgIpc) is 2.71. The highest BCUT2D eigenvalue weighted by molar-refractivity contribution is 9.10. The predicted octanol–water partition coefficient (Wildman–Crippen LogP) is 3.31. The van der Waals surface area contributed by atoms with Crippen LogP contribution in [-0.2, 0) is 9.53 Å². The maximum atomic E-state index is 12.8. The van der Waals surface area contributed by atoms with Gasteiger partial charge in [0.2, 0.25) is 5.91 Å². The fourth-order valence-corrected chi connectivity index (χ4v) is 4.62. The molecule has 2 aliphatic heterocycles. The normalized spacial score (nSPS) is 24.0. The Hall–Kier alpha value is -1.44. The molecule has 0 aromatic heterocycles. The van der Waals surface area contributed by atoms with Crippen molar-refractivity contribution in [3.63, 3.8) is 0 Å². The van der Waals surface area contributed by atoms with Gasteiger partial charge in [0, 0.05) is 54.2 Å². The standard InChI is InChI=1S/C23H34BrN3O3/c1-16-13-27(14-17(2)30-16)23(3,4)15-25-21(28)18-9-11-26(12-10-18)22(29)19-5-7-20(24)8-6-19/h5-8,16-18H,9-15H2,1-4H3,(H,25,28). The molecule has 2 saturated heterocycles. The molecule has 3 rings (SSSR count). The number of hydrogen-bond acceptors (Lipinski definition) is 4. The summed E-state index contributed by atoms with van der Waals surface area (Å²) in [5, 5.41) is 3.17. The molecule has 0 radical (unpaired) electrons. The van der Waals surface area contributed by atoms with Crippen molar-refractivity contribution in [1.82, 2.24) is 15.1 Å². The second kappa shape index (κ2) is 9.79. The molecule has 2 fully saturated rings. The van der Waals surface area contributed by atoms with E-state index in [1.165, 1.54) is 0 Å². The molecule has 0 spiro atoms. The molecule has 30 heavy (non-hydrogen) atoms. The number of morpholine rings is 1. The molecule has 1 aromatic rings. The molecule has 6 nitrogen and oxygen atoms in total. The Bertz CT molecular complexity index is 735. The van der Waals surface area contributed by atoms with Gasteiger partial charge in [-0.25, -0.2) is 0 Å². The van der Waals surface area contributed by atoms with Gasteiger partial charge in [-0.1, -0.05) is 15.9 Å². The smallest absolute Gasteiger partial charge is 0.253 e. The summed E-state index contributed by atoms with van der Waals surface area (Å²) in [6, 6.07) is 7.43. The van der Waals surface area contributed by atoms with Crippen LogP contribution in [0.3, 0.4) is 0 Å².